The van der Waals surface area contributed by atoms with Crippen LogP contribution >= 0.6 is 11.6 Å². The fourth-order valence-electron chi connectivity index (χ4n) is 2.28. The molecule has 0 unspecified atom stereocenters. The van der Waals surface area contributed by atoms with Crippen molar-refractivity contribution in [2.24, 2.45) is 13.0 Å². The first-order valence-electron chi connectivity index (χ1n) is 6.45. The normalized spacial score (nSPS) is 27.7. The molecule has 1 aromatic rings. The van der Waals surface area contributed by atoms with Gasteiger partial charge in [0.1, 0.15) is 0 Å². The fraction of sp³-hybridized carbons (Fsp3) is 0.692. The highest BCUT2D eigenvalue weighted by Crippen LogP contribution is 2.29. The molecule has 0 spiro atoms. The number of halogens is 1. The van der Waals surface area contributed by atoms with Gasteiger partial charge in [0.2, 0.25) is 0 Å². The number of aliphatic hydroxyl groups is 1. The first-order chi connectivity index (χ1) is 8.74. The molecule has 0 aromatic carbocycles. The summed E-state index contributed by atoms with van der Waals surface area (Å²) in [6, 6.07) is 0. The summed E-state index contributed by atoms with van der Waals surface area (Å²) in [6.45, 7) is 6.65. The highest BCUT2D eigenvalue weighted by Gasteiger charge is 2.37. The van der Waals surface area contributed by atoms with Crippen LogP contribution in [0.1, 0.15) is 36.5 Å². The molecule has 1 fully saturated rings. The molecule has 6 heteroatoms. The van der Waals surface area contributed by atoms with E-state index in [-0.39, 0.29) is 11.8 Å². The van der Waals surface area contributed by atoms with Gasteiger partial charge in [0.05, 0.1) is 16.3 Å². The van der Waals surface area contributed by atoms with Crippen molar-refractivity contribution in [3.05, 3.63) is 16.4 Å². The van der Waals surface area contributed by atoms with Gasteiger partial charge in [-0.2, -0.15) is 5.10 Å². The molecule has 1 aliphatic heterocycles. The zero-order valence-electron chi connectivity index (χ0n) is 11.8. The zero-order chi connectivity index (χ0) is 14.4. The van der Waals surface area contributed by atoms with Crippen molar-refractivity contribution in [1.29, 1.82) is 0 Å². The number of hydrogen-bond donors (Lipinski definition) is 1. The minimum Gasteiger partial charge on any atom is -0.390 e. The van der Waals surface area contributed by atoms with E-state index >= 15 is 0 Å². The zero-order valence-corrected chi connectivity index (χ0v) is 12.5. The smallest absolute Gasteiger partial charge is 0.275 e. The number of rotatable bonds is 1. The third kappa shape index (κ3) is 2.49. The Morgan fingerprint density at radius 1 is 1.58 bits per heavy atom. The molecule has 0 bridgehead atoms. The molecule has 5 nitrogen and oxygen atoms in total. The maximum atomic E-state index is 12.4. The number of hydrogen-bond acceptors (Lipinski definition) is 3. The lowest BCUT2D eigenvalue weighted by Gasteiger charge is -2.40. The quantitative estimate of drug-likeness (QED) is 0.853. The van der Waals surface area contributed by atoms with Crippen LogP contribution in [0.3, 0.4) is 0 Å². The van der Waals surface area contributed by atoms with Crippen molar-refractivity contribution < 1.29 is 9.90 Å². The first kappa shape index (κ1) is 14.3. The maximum Gasteiger partial charge on any atom is 0.275 e. The number of aromatic nitrogens is 2. The van der Waals surface area contributed by atoms with Gasteiger partial charge in [-0.3, -0.25) is 9.48 Å². The van der Waals surface area contributed by atoms with Crippen molar-refractivity contribution in [2.75, 3.05) is 13.1 Å². The Morgan fingerprint density at radius 3 is 2.68 bits per heavy atom. The Kier molecular flexibility index (Phi) is 3.62. The minimum atomic E-state index is -0.708. The number of nitrogens with zero attached hydrogens (tertiary/aromatic N) is 3. The Hall–Kier alpha value is -1.07. The molecule has 1 saturated heterocycles. The molecule has 0 aliphatic carbocycles. The van der Waals surface area contributed by atoms with E-state index in [0.29, 0.717) is 30.2 Å². The van der Waals surface area contributed by atoms with Crippen molar-refractivity contribution in [3.8, 4) is 0 Å². The van der Waals surface area contributed by atoms with Crippen molar-refractivity contribution >= 4 is 17.5 Å². The average molecular weight is 286 g/mol. The molecule has 19 heavy (non-hydrogen) atoms. The van der Waals surface area contributed by atoms with Crippen molar-refractivity contribution in [2.45, 2.75) is 32.8 Å². The molecule has 106 valence electrons. The molecule has 1 aliphatic rings. The lowest BCUT2D eigenvalue weighted by atomic mass is 9.84. The molecule has 2 heterocycles. The monoisotopic (exact) mass is 285 g/mol. The number of aryl methyl sites for hydroxylation is 1. The van der Waals surface area contributed by atoms with Crippen LogP contribution in [-0.4, -0.2) is 44.4 Å². The second-order valence-electron chi connectivity index (χ2n) is 5.63. The van der Waals surface area contributed by atoms with Crippen LogP contribution in [0.4, 0.5) is 0 Å². The van der Waals surface area contributed by atoms with E-state index in [1.165, 1.54) is 0 Å². The third-order valence-corrected chi connectivity index (χ3v) is 4.65. The van der Waals surface area contributed by atoms with E-state index in [1.54, 1.807) is 16.6 Å². The Morgan fingerprint density at radius 2 is 2.21 bits per heavy atom. The van der Waals surface area contributed by atoms with Gasteiger partial charge in [-0.25, -0.2) is 0 Å². The molecular weight excluding hydrogens is 266 g/mol. The number of likely N-dealkylation sites (tertiary alicyclic amines) is 1. The number of carbonyl (C=O) groups excluding carboxylic acids is 1. The summed E-state index contributed by atoms with van der Waals surface area (Å²) in [5.41, 5.74) is 0.373. The lowest BCUT2D eigenvalue weighted by molar-refractivity contribution is -0.0440. The van der Waals surface area contributed by atoms with E-state index in [2.05, 4.69) is 5.10 Å². The van der Waals surface area contributed by atoms with Crippen molar-refractivity contribution in [1.82, 2.24) is 14.7 Å². The summed E-state index contributed by atoms with van der Waals surface area (Å²) in [6.07, 6.45) is 0.573. The van der Waals surface area contributed by atoms with Gasteiger partial charge in [-0.05, 0) is 20.3 Å². The van der Waals surface area contributed by atoms with Gasteiger partial charge in [0.15, 0.2) is 5.69 Å². The number of carbonyl (C=O) groups is 1. The number of piperidine rings is 1. The van der Waals surface area contributed by atoms with E-state index in [9.17, 15) is 9.90 Å². The van der Waals surface area contributed by atoms with Crippen LogP contribution in [0, 0.1) is 12.8 Å². The summed E-state index contributed by atoms with van der Waals surface area (Å²) in [5, 5.41) is 14.7. The predicted octanol–water partition coefficient (Wildman–Crippen LogP) is 1.61. The highest BCUT2D eigenvalue weighted by atomic mass is 35.5. The first-order valence-corrected chi connectivity index (χ1v) is 6.82. The predicted molar refractivity (Wildman–Crippen MR) is 73.3 cm³/mol. The second-order valence-corrected chi connectivity index (χ2v) is 6.01. The summed E-state index contributed by atoms with van der Waals surface area (Å²) in [7, 11) is 1.77. The van der Waals surface area contributed by atoms with Gasteiger partial charge in [-0.15, -0.1) is 0 Å². The van der Waals surface area contributed by atoms with E-state index in [4.69, 9.17) is 11.6 Å². The van der Waals surface area contributed by atoms with Crippen LogP contribution in [0.5, 0.6) is 0 Å². The summed E-state index contributed by atoms with van der Waals surface area (Å²) < 4.78 is 1.61. The van der Waals surface area contributed by atoms with E-state index in [1.807, 2.05) is 20.8 Å². The van der Waals surface area contributed by atoms with Crippen LogP contribution < -0.4 is 0 Å². The fourth-order valence-corrected chi connectivity index (χ4v) is 2.52. The maximum absolute atomic E-state index is 12.4. The molecule has 2 rings (SSSR count). The van der Waals surface area contributed by atoms with Crippen LogP contribution in [-0.2, 0) is 7.05 Å². The van der Waals surface area contributed by atoms with Gasteiger partial charge in [-0.1, -0.05) is 18.5 Å². The highest BCUT2D eigenvalue weighted by molar-refractivity contribution is 6.34. The molecule has 0 saturated carbocycles. The Bertz CT molecular complexity index is 510. The molecule has 1 aromatic heterocycles. The van der Waals surface area contributed by atoms with Crippen LogP contribution in [0.25, 0.3) is 0 Å². The molecule has 2 atom stereocenters. The third-order valence-electron chi connectivity index (χ3n) is 4.19. The van der Waals surface area contributed by atoms with E-state index in [0.717, 1.165) is 5.69 Å². The standard InChI is InChI=1S/C13H20ClN3O2/c1-8-7-17(6-5-13(8,3)19)12(18)11-10(14)9(2)16(4)15-11/h8,19H,5-7H2,1-4H3/t8-,13+/m1/s1. The molecule has 0 radical (unpaired) electrons. The topological polar surface area (TPSA) is 58.4 Å². The Labute approximate surface area is 118 Å². The molecular formula is C13H20ClN3O2. The SMILES string of the molecule is Cc1c(Cl)c(C(=O)N2CC[C@](C)(O)[C@H](C)C2)nn1C. The van der Waals surface area contributed by atoms with Gasteiger partial charge < -0.3 is 10.0 Å². The largest absolute Gasteiger partial charge is 0.390 e. The van der Waals surface area contributed by atoms with E-state index < -0.39 is 5.60 Å². The van der Waals surface area contributed by atoms with Crippen LogP contribution in [0.2, 0.25) is 5.02 Å². The number of amides is 1. The summed E-state index contributed by atoms with van der Waals surface area (Å²) >= 11 is 6.14. The van der Waals surface area contributed by atoms with Gasteiger partial charge in [0, 0.05) is 26.1 Å². The summed E-state index contributed by atoms with van der Waals surface area (Å²) in [5.74, 6) is -0.121. The van der Waals surface area contributed by atoms with Gasteiger partial charge >= 0.3 is 0 Å². The van der Waals surface area contributed by atoms with Gasteiger partial charge in [0.25, 0.3) is 5.91 Å². The Balaban J connectivity index is 2.19. The summed E-state index contributed by atoms with van der Waals surface area (Å²) in [4.78, 5) is 14.1. The minimum absolute atomic E-state index is 0.0359. The lowest BCUT2D eigenvalue weighted by Crippen LogP contribution is -2.51. The molecule has 1 amide bonds. The average Bonchev–Trinajstić information content (AvgIpc) is 2.60. The second kappa shape index (κ2) is 4.80. The molecule has 1 N–H and O–H groups in total. The van der Waals surface area contributed by atoms with Crippen LogP contribution in [0.15, 0.2) is 0 Å². The van der Waals surface area contributed by atoms with Crippen molar-refractivity contribution in [3.63, 3.8) is 0 Å².